The van der Waals surface area contributed by atoms with E-state index in [2.05, 4.69) is 15.8 Å². The number of thiophene rings is 1. The highest BCUT2D eigenvalue weighted by atomic mass is 32.1. The van der Waals surface area contributed by atoms with E-state index in [0.717, 1.165) is 30.3 Å². The highest BCUT2D eigenvalue weighted by Crippen LogP contribution is 2.22. The Bertz CT molecular complexity index is 1210. The second-order valence-corrected chi connectivity index (χ2v) is 8.84. The van der Waals surface area contributed by atoms with E-state index in [9.17, 15) is 14.4 Å². The van der Waals surface area contributed by atoms with E-state index in [1.165, 1.54) is 16.2 Å². The van der Waals surface area contributed by atoms with Crippen molar-refractivity contribution in [2.45, 2.75) is 52.5 Å². The Morgan fingerprint density at radius 1 is 1.16 bits per heavy atom. The number of carbonyl (C=O) groups excluding carboxylic acids is 2. The number of unbranched alkanes of at least 4 members (excludes halogenated alkanes) is 2. The van der Waals surface area contributed by atoms with Gasteiger partial charge in [-0.05, 0) is 62.2 Å². The maximum atomic E-state index is 12.6. The third-order valence-corrected chi connectivity index (χ3v) is 6.76. The van der Waals surface area contributed by atoms with Crippen LogP contribution >= 0.6 is 23.6 Å². The number of H-pyrrole nitrogens is 1. The minimum Gasteiger partial charge on any atom is -0.332 e. The van der Waals surface area contributed by atoms with Crippen LogP contribution in [0.3, 0.4) is 0 Å². The monoisotopic (exact) mass is 458 g/mol. The molecule has 7 nitrogen and oxygen atoms in total. The number of nitrogens with zero attached hydrogens (tertiary/aromatic N) is 1. The number of fused-ring (bicyclic) bond motifs is 1. The zero-order valence-corrected chi connectivity index (χ0v) is 19.3. The molecule has 0 spiro atoms. The van der Waals surface area contributed by atoms with Crippen LogP contribution < -0.4 is 16.4 Å². The second kappa shape index (κ2) is 10.5. The highest BCUT2D eigenvalue weighted by Gasteiger charge is 2.12. The van der Waals surface area contributed by atoms with Gasteiger partial charge in [0.25, 0.3) is 11.5 Å². The molecule has 164 valence electrons. The van der Waals surface area contributed by atoms with Crippen molar-refractivity contribution in [1.82, 2.24) is 20.4 Å². The summed E-state index contributed by atoms with van der Waals surface area (Å²) in [6, 6.07) is 9.12. The fraction of sp³-hybridized carbons (Fsp3) is 0.364. The molecule has 0 aliphatic rings. The quantitative estimate of drug-likeness (QED) is 0.270. The predicted octanol–water partition coefficient (Wildman–Crippen LogP) is 4.01. The van der Waals surface area contributed by atoms with Crippen LogP contribution in [0.15, 0.2) is 35.1 Å². The summed E-state index contributed by atoms with van der Waals surface area (Å²) in [7, 11) is 0. The molecule has 2 heterocycles. The molecule has 0 aliphatic carbocycles. The Hall–Kier alpha value is -2.78. The zero-order chi connectivity index (χ0) is 22.4. The van der Waals surface area contributed by atoms with E-state index in [4.69, 9.17) is 12.2 Å². The standard InChI is InChI=1S/C22H26N4O3S2/c1-3-17-14(2)13-18(31-17)20(28)25-24-19(27)11-5-4-8-12-26-21(29)15-9-6-7-10-16(15)23-22(26)30/h6-7,9-10,13H,3-5,8,11-12H2,1-2H3,(H,23,30)(H,24,27)(H,25,28). The average molecular weight is 459 g/mol. The summed E-state index contributed by atoms with van der Waals surface area (Å²) in [5.41, 5.74) is 6.66. The van der Waals surface area contributed by atoms with Gasteiger partial charge in [0, 0.05) is 17.8 Å². The first-order valence-electron chi connectivity index (χ1n) is 10.3. The van der Waals surface area contributed by atoms with Gasteiger partial charge in [-0.2, -0.15) is 0 Å². The van der Waals surface area contributed by atoms with Crippen molar-refractivity contribution in [1.29, 1.82) is 0 Å². The first-order valence-corrected chi connectivity index (χ1v) is 11.5. The number of amides is 2. The van der Waals surface area contributed by atoms with Crippen LogP contribution in [0.1, 0.15) is 52.7 Å². The van der Waals surface area contributed by atoms with E-state index in [1.807, 2.05) is 38.1 Å². The molecular formula is C22H26N4O3S2. The van der Waals surface area contributed by atoms with Crippen molar-refractivity contribution in [3.63, 3.8) is 0 Å². The van der Waals surface area contributed by atoms with E-state index >= 15 is 0 Å². The fourth-order valence-corrected chi connectivity index (χ4v) is 4.66. The molecular weight excluding hydrogens is 432 g/mol. The summed E-state index contributed by atoms with van der Waals surface area (Å²) < 4.78 is 1.96. The Morgan fingerprint density at radius 2 is 1.94 bits per heavy atom. The molecule has 0 aliphatic heterocycles. The number of hydrazine groups is 1. The van der Waals surface area contributed by atoms with Crippen molar-refractivity contribution >= 4 is 46.3 Å². The molecule has 0 unspecified atom stereocenters. The van der Waals surface area contributed by atoms with Crippen LogP contribution in [0.4, 0.5) is 0 Å². The van der Waals surface area contributed by atoms with Crippen LogP contribution in [0, 0.1) is 11.7 Å². The lowest BCUT2D eigenvalue weighted by Crippen LogP contribution is -2.41. The summed E-state index contributed by atoms with van der Waals surface area (Å²) in [6.45, 7) is 4.52. The summed E-state index contributed by atoms with van der Waals surface area (Å²) in [4.78, 5) is 41.6. The Morgan fingerprint density at radius 3 is 2.68 bits per heavy atom. The number of aryl methyl sites for hydroxylation is 2. The molecule has 0 fully saturated rings. The summed E-state index contributed by atoms with van der Waals surface area (Å²) in [5.74, 6) is -0.538. The van der Waals surface area contributed by atoms with Crippen LogP contribution in [-0.4, -0.2) is 21.4 Å². The fourth-order valence-electron chi connectivity index (χ4n) is 3.37. The number of hydrogen-bond acceptors (Lipinski definition) is 5. The van der Waals surface area contributed by atoms with Gasteiger partial charge in [-0.15, -0.1) is 11.3 Å². The molecule has 0 radical (unpaired) electrons. The molecule has 1 aromatic carbocycles. The van der Waals surface area contributed by atoms with E-state index in [1.54, 1.807) is 10.6 Å². The van der Waals surface area contributed by atoms with Crippen LogP contribution in [0.5, 0.6) is 0 Å². The van der Waals surface area contributed by atoms with Crippen LogP contribution in [0.2, 0.25) is 0 Å². The van der Waals surface area contributed by atoms with Gasteiger partial charge in [-0.1, -0.05) is 25.5 Å². The van der Waals surface area contributed by atoms with Gasteiger partial charge in [0.1, 0.15) is 0 Å². The van der Waals surface area contributed by atoms with Gasteiger partial charge in [0.2, 0.25) is 5.91 Å². The summed E-state index contributed by atoms with van der Waals surface area (Å²) in [5, 5.41) is 0.609. The number of nitrogens with one attached hydrogen (secondary N) is 3. The number of aromatic nitrogens is 2. The number of carbonyl (C=O) groups is 2. The predicted molar refractivity (Wildman–Crippen MR) is 126 cm³/mol. The van der Waals surface area contributed by atoms with Crippen molar-refractivity contribution < 1.29 is 9.59 Å². The first kappa shape index (κ1) is 22.9. The van der Waals surface area contributed by atoms with Gasteiger partial charge < -0.3 is 4.98 Å². The number of para-hydroxylation sites is 1. The maximum Gasteiger partial charge on any atom is 0.279 e. The number of hydrogen-bond donors (Lipinski definition) is 3. The topological polar surface area (TPSA) is 96.0 Å². The molecule has 2 amide bonds. The molecule has 0 saturated heterocycles. The van der Waals surface area contributed by atoms with E-state index in [0.29, 0.717) is 34.4 Å². The lowest BCUT2D eigenvalue weighted by Gasteiger charge is -2.08. The minimum atomic E-state index is -0.300. The van der Waals surface area contributed by atoms with Crippen molar-refractivity contribution in [2.24, 2.45) is 0 Å². The molecule has 3 aromatic rings. The molecule has 0 bridgehead atoms. The third-order valence-electron chi connectivity index (χ3n) is 5.06. The van der Waals surface area contributed by atoms with Crippen molar-refractivity contribution in [2.75, 3.05) is 0 Å². The first-order chi connectivity index (χ1) is 14.9. The largest absolute Gasteiger partial charge is 0.332 e. The van der Waals surface area contributed by atoms with Crippen molar-refractivity contribution in [3.05, 3.63) is 60.8 Å². The molecule has 3 rings (SSSR count). The van der Waals surface area contributed by atoms with Gasteiger partial charge >= 0.3 is 0 Å². The normalized spacial score (nSPS) is 10.9. The van der Waals surface area contributed by atoms with E-state index < -0.39 is 0 Å². The lowest BCUT2D eigenvalue weighted by atomic mass is 10.2. The minimum absolute atomic E-state index is 0.102. The van der Waals surface area contributed by atoms with Gasteiger partial charge in [-0.3, -0.25) is 29.8 Å². The van der Waals surface area contributed by atoms with Crippen LogP contribution in [-0.2, 0) is 17.8 Å². The zero-order valence-electron chi connectivity index (χ0n) is 17.6. The molecule has 2 aromatic heterocycles. The summed E-state index contributed by atoms with van der Waals surface area (Å²) in [6.07, 6.45) is 3.32. The summed E-state index contributed by atoms with van der Waals surface area (Å²) >= 11 is 6.75. The van der Waals surface area contributed by atoms with Gasteiger partial charge in [0.05, 0.1) is 15.8 Å². The second-order valence-electron chi connectivity index (χ2n) is 7.32. The highest BCUT2D eigenvalue weighted by molar-refractivity contribution is 7.71. The lowest BCUT2D eigenvalue weighted by molar-refractivity contribution is -0.122. The Kier molecular flexibility index (Phi) is 7.75. The Labute approximate surface area is 189 Å². The molecule has 3 N–H and O–H groups in total. The van der Waals surface area contributed by atoms with Gasteiger partial charge in [-0.25, -0.2) is 0 Å². The van der Waals surface area contributed by atoms with Crippen molar-refractivity contribution in [3.8, 4) is 0 Å². The number of aromatic amines is 1. The molecule has 0 atom stereocenters. The molecule has 9 heteroatoms. The Balaban J connectivity index is 1.41. The van der Waals surface area contributed by atoms with Gasteiger partial charge in [0.15, 0.2) is 4.77 Å². The smallest absolute Gasteiger partial charge is 0.279 e. The van der Waals surface area contributed by atoms with E-state index in [-0.39, 0.29) is 17.4 Å². The number of rotatable bonds is 8. The third kappa shape index (κ3) is 5.68. The molecule has 0 saturated carbocycles. The average Bonchev–Trinajstić information content (AvgIpc) is 3.14. The SMILES string of the molecule is CCc1sc(C(=O)NNC(=O)CCCCCn2c(=S)[nH]c3ccccc3c2=O)cc1C. The van der Waals surface area contributed by atoms with Crippen LogP contribution in [0.25, 0.3) is 10.9 Å². The molecule has 31 heavy (non-hydrogen) atoms. The maximum absolute atomic E-state index is 12.6. The number of benzene rings is 1.